The lowest BCUT2D eigenvalue weighted by Gasteiger charge is -2.09. The Labute approximate surface area is 94.8 Å². The van der Waals surface area contributed by atoms with Crippen molar-refractivity contribution in [2.24, 2.45) is 5.92 Å². The Morgan fingerprint density at radius 1 is 1.56 bits per heavy atom. The van der Waals surface area contributed by atoms with Crippen molar-refractivity contribution in [2.75, 3.05) is 12.4 Å². The number of nitriles is 1. The van der Waals surface area contributed by atoms with Crippen LogP contribution in [0.15, 0.2) is 24.3 Å². The third kappa shape index (κ3) is 3.28. The van der Waals surface area contributed by atoms with E-state index < -0.39 is 0 Å². The molecule has 0 saturated carbocycles. The van der Waals surface area contributed by atoms with Gasteiger partial charge in [-0.2, -0.15) is 5.26 Å². The van der Waals surface area contributed by atoms with Gasteiger partial charge in [-0.05, 0) is 19.1 Å². The van der Waals surface area contributed by atoms with Gasteiger partial charge in [0.25, 0.3) is 0 Å². The molecule has 1 aromatic carbocycles. The van der Waals surface area contributed by atoms with Gasteiger partial charge in [-0.15, -0.1) is 0 Å². The average molecular weight is 218 g/mol. The highest BCUT2D eigenvalue weighted by atomic mass is 16.5. The minimum absolute atomic E-state index is 0.182. The van der Waals surface area contributed by atoms with Crippen LogP contribution in [0.4, 0.5) is 5.69 Å². The Balaban J connectivity index is 2.66. The van der Waals surface area contributed by atoms with E-state index in [1.165, 1.54) is 0 Å². The first-order valence-corrected chi connectivity index (χ1v) is 5.00. The number of carbonyl (C=O) groups is 1. The van der Waals surface area contributed by atoms with E-state index >= 15 is 0 Å². The number of para-hydroxylation sites is 2. The van der Waals surface area contributed by atoms with Gasteiger partial charge in [0.1, 0.15) is 5.75 Å². The van der Waals surface area contributed by atoms with Crippen LogP contribution in [0.5, 0.6) is 5.75 Å². The SMILES string of the molecule is COc1ccccc1NC(=O)CC(C)C#N. The van der Waals surface area contributed by atoms with Crippen LogP contribution in [-0.2, 0) is 4.79 Å². The number of methoxy groups -OCH3 is 1. The fourth-order valence-corrected chi connectivity index (χ4v) is 1.27. The van der Waals surface area contributed by atoms with E-state index in [1.807, 2.05) is 18.2 Å². The predicted molar refractivity (Wildman–Crippen MR) is 61.0 cm³/mol. The van der Waals surface area contributed by atoms with Gasteiger partial charge in [-0.25, -0.2) is 0 Å². The van der Waals surface area contributed by atoms with Crippen molar-refractivity contribution in [3.05, 3.63) is 24.3 Å². The second kappa shape index (κ2) is 5.76. The molecule has 0 spiro atoms. The summed E-state index contributed by atoms with van der Waals surface area (Å²) in [4.78, 5) is 11.5. The number of rotatable bonds is 4. The first-order valence-electron chi connectivity index (χ1n) is 5.00. The van der Waals surface area contributed by atoms with Crippen molar-refractivity contribution in [1.82, 2.24) is 0 Å². The van der Waals surface area contributed by atoms with Crippen LogP contribution in [0.25, 0.3) is 0 Å². The number of amides is 1. The number of benzene rings is 1. The van der Waals surface area contributed by atoms with E-state index in [0.717, 1.165) is 0 Å². The topological polar surface area (TPSA) is 62.1 Å². The van der Waals surface area contributed by atoms with Crippen LogP contribution in [0.3, 0.4) is 0 Å². The first kappa shape index (κ1) is 12.1. The predicted octanol–water partition coefficient (Wildman–Crippen LogP) is 2.18. The van der Waals surface area contributed by atoms with Crippen LogP contribution in [0, 0.1) is 17.2 Å². The zero-order valence-corrected chi connectivity index (χ0v) is 9.36. The maximum atomic E-state index is 11.5. The van der Waals surface area contributed by atoms with E-state index in [1.54, 1.807) is 26.2 Å². The molecule has 0 saturated heterocycles. The molecule has 0 heterocycles. The van der Waals surface area contributed by atoms with Crippen LogP contribution in [0.2, 0.25) is 0 Å². The number of hydrogen-bond acceptors (Lipinski definition) is 3. The normalized spacial score (nSPS) is 11.3. The maximum absolute atomic E-state index is 11.5. The molecule has 0 aliphatic rings. The van der Waals surface area contributed by atoms with E-state index in [4.69, 9.17) is 10.00 Å². The molecule has 1 rings (SSSR count). The fourth-order valence-electron chi connectivity index (χ4n) is 1.27. The second-order valence-electron chi connectivity index (χ2n) is 3.48. The van der Waals surface area contributed by atoms with Gasteiger partial charge in [0.05, 0.1) is 24.8 Å². The number of carbonyl (C=O) groups excluding carboxylic acids is 1. The summed E-state index contributed by atoms with van der Waals surface area (Å²) in [7, 11) is 1.54. The molecule has 0 bridgehead atoms. The van der Waals surface area contributed by atoms with Gasteiger partial charge < -0.3 is 10.1 Å². The highest BCUT2D eigenvalue weighted by molar-refractivity contribution is 5.92. The summed E-state index contributed by atoms with van der Waals surface area (Å²) in [5, 5.41) is 11.3. The fraction of sp³-hybridized carbons (Fsp3) is 0.333. The molecule has 4 nitrogen and oxygen atoms in total. The summed E-state index contributed by atoms with van der Waals surface area (Å²) in [6, 6.07) is 9.18. The number of hydrogen-bond donors (Lipinski definition) is 1. The van der Waals surface area contributed by atoms with Gasteiger partial charge in [0.2, 0.25) is 5.91 Å². The number of anilines is 1. The van der Waals surface area contributed by atoms with E-state index in [2.05, 4.69) is 5.32 Å². The van der Waals surface area contributed by atoms with E-state index in [9.17, 15) is 4.79 Å². The van der Waals surface area contributed by atoms with Crippen LogP contribution >= 0.6 is 0 Å². The Bertz CT molecular complexity index is 410. The first-order chi connectivity index (χ1) is 7.67. The van der Waals surface area contributed by atoms with E-state index in [-0.39, 0.29) is 18.2 Å². The molecular formula is C12H14N2O2. The molecule has 1 atom stereocenters. The van der Waals surface area contributed by atoms with Crippen molar-refractivity contribution in [3.8, 4) is 11.8 Å². The largest absolute Gasteiger partial charge is 0.495 e. The minimum Gasteiger partial charge on any atom is -0.495 e. The van der Waals surface area contributed by atoms with Crippen molar-refractivity contribution >= 4 is 11.6 Å². The zero-order valence-electron chi connectivity index (χ0n) is 9.36. The molecule has 1 amide bonds. The lowest BCUT2D eigenvalue weighted by Crippen LogP contribution is -2.14. The lowest BCUT2D eigenvalue weighted by molar-refractivity contribution is -0.116. The Morgan fingerprint density at radius 2 is 2.25 bits per heavy atom. The van der Waals surface area contributed by atoms with Crippen LogP contribution in [-0.4, -0.2) is 13.0 Å². The highest BCUT2D eigenvalue weighted by Crippen LogP contribution is 2.23. The van der Waals surface area contributed by atoms with Crippen LogP contribution in [0.1, 0.15) is 13.3 Å². The van der Waals surface area contributed by atoms with Crippen molar-refractivity contribution in [1.29, 1.82) is 5.26 Å². The summed E-state index contributed by atoms with van der Waals surface area (Å²) >= 11 is 0. The molecule has 0 aliphatic carbocycles. The van der Waals surface area contributed by atoms with Crippen molar-refractivity contribution < 1.29 is 9.53 Å². The van der Waals surface area contributed by atoms with E-state index in [0.29, 0.717) is 11.4 Å². The Morgan fingerprint density at radius 3 is 2.88 bits per heavy atom. The summed E-state index contributed by atoms with van der Waals surface area (Å²) in [6.07, 6.45) is 0.189. The van der Waals surface area contributed by atoms with Crippen molar-refractivity contribution in [3.63, 3.8) is 0 Å². The molecule has 0 radical (unpaired) electrons. The van der Waals surface area contributed by atoms with Gasteiger partial charge in [0.15, 0.2) is 0 Å². The number of ether oxygens (including phenoxy) is 1. The van der Waals surface area contributed by atoms with Gasteiger partial charge >= 0.3 is 0 Å². The van der Waals surface area contributed by atoms with Gasteiger partial charge in [-0.3, -0.25) is 4.79 Å². The molecule has 1 aromatic rings. The molecule has 1 N–H and O–H groups in total. The third-order valence-electron chi connectivity index (χ3n) is 2.09. The molecular weight excluding hydrogens is 204 g/mol. The summed E-state index contributed by atoms with van der Waals surface area (Å²) in [5.74, 6) is 0.147. The summed E-state index contributed by atoms with van der Waals surface area (Å²) in [6.45, 7) is 1.71. The summed E-state index contributed by atoms with van der Waals surface area (Å²) < 4.78 is 5.10. The molecule has 84 valence electrons. The standard InChI is InChI=1S/C12H14N2O2/c1-9(8-13)7-12(15)14-10-5-3-4-6-11(10)16-2/h3-6,9H,7H2,1-2H3,(H,14,15). The summed E-state index contributed by atoms with van der Waals surface area (Å²) in [5.41, 5.74) is 0.625. The Kier molecular flexibility index (Phi) is 4.34. The minimum atomic E-state index is -0.283. The molecule has 0 aliphatic heterocycles. The number of nitrogens with zero attached hydrogens (tertiary/aromatic N) is 1. The zero-order chi connectivity index (χ0) is 12.0. The average Bonchev–Trinajstić information content (AvgIpc) is 2.29. The molecule has 1 unspecified atom stereocenters. The smallest absolute Gasteiger partial charge is 0.225 e. The third-order valence-corrected chi connectivity index (χ3v) is 2.09. The highest BCUT2D eigenvalue weighted by Gasteiger charge is 2.10. The molecule has 16 heavy (non-hydrogen) atoms. The van der Waals surface area contributed by atoms with Crippen LogP contribution < -0.4 is 10.1 Å². The molecule has 0 aromatic heterocycles. The maximum Gasteiger partial charge on any atom is 0.225 e. The second-order valence-corrected chi connectivity index (χ2v) is 3.48. The Hall–Kier alpha value is -2.02. The molecule has 0 fully saturated rings. The lowest BCUT2D eigenvalue weighted by atomic mass is 10.1. The van der Waals surface area contributed by atoms with Gasteiger partial charge in [-0.1, -0.05) is 12.1 Å². The molecule has 4 heteroatoms. The quantitative estimate of drug-likeness (QED) is 0.842. The monoisotopic (exact) mass is 218 g/mol. The van der Waals surface area contributed by atoms with Gasteiger partial charge in [0, 0.05) is 6.42 Å². The number of nitrogens with one attached hydrogen (secondary N) is 1. The van der Waals surface area contributed by atoms with Crippen molar-refractivity contribution in [2.45, 2.75) is 13.3 Å².